The molecule has 0 unspecified atom stereocenters. The largest absolute Gasteiger partial charge is 0.494 e. The van der Waals surface area contributed by atoms with Crippen molar-refractivity contribution in [2.45, 2.75) is 6.92 Å². The van der Waals surface area contributed by atoms with Crippen molar-refractivity contribution in [2.24, 2.45) is 0 Å². The van der Waals surface area contributed by atoms with Crippen molar-refractivity contribution in [3.63, 3.8) is 0 Å². The minimum atomic E-state index is -3.65. The SMILES string of the molecule is C=Cc1nc2nc(-c3cccc(OCC)n3)n(-c3c(OC)cccc3OC)c2nc1NS(C)(=O)=O.[HH]. The number of ether oxygens (including phenoxy) is 3. The van der Waals surface area contributed by atoms with Crippen LogP contribution in [-0.2, 0) is 10.0 Å². The zero-order valence-electron chi connectivity index (χ0n) is 19.6. The Hall–Kier alpha value is -4.19. The minimum absolute atomic E-state index is 0. The molecule has 0 aliphatic heterocycles. The second kappa shape index (κ2) is 9.58. The van der Waals surface area contributed by atoms with E-state index in [0.29, 0.717) is 41.2 Å². The van der Waals surface area contributed by atoms with Crippen LogP contribution in [0.15, 0.2) is 43.0 Å². The third-order valence-corrected chi connectivity index (χ3v) is 5.43. The molecule has 1 N–H and O–H groups in total. The summed E-state index contributed by atoms with van der Waals surface area (Å²) in [5.74, 6) is 1.74. The highest BCUT2D eigenvalue weighted by Crippen LogP contribution is 2.38. The molecule has 0 amide bonds. The lowest BCUT2D eigenvalue weighted by molar-refractivity contribution is 0.327. The van der Waals surface area contributed by atoms with Crippen molar-refractivity contribution in [3.8, 4) is 34.6 Å². The van der Waals surface area contributed by atoms with Crippen molar-refractivity contribution in [1.29, 1.82) is 0 Å². The highest BCUT2D eigenvalue weighted by atomic mass is 32.2. The molecule has 0 radical (unpaired) electrons. The topological polar surface area (TPSA) is 130 Å². The van der Waals surface area contributed by atoms with Crippen LogP contribution in [0.25, 0.3) is 34.6 Å². The predicted octanol–water partition coefficient (Wildman–Crippen LogP) is 3.55. The molecule has 0 bridgehead atoms. The zero-order valence-corrected chi connectivity index (χ0v) is 20.5. The van der Waals surface area contributed by atoms with Crippen LogP contribution in [0, 0.1) is 0 Å². The highest BCUT2D eigenvalue weighted by molar-refractivity contribution is 7.92. The van der Waals surface area contributed by atoms with Crippen LogP contribution in [0.5, 0.6) is 17.4 Å². The maximum atomic E-state index is 12.0. The molecule has 184 valence electrons. The zero-order chi connectivity index (χ0) is 25.2. The van der Waals surface area contributed by atoms with E-state index in [1.807, 2.05) is 6.92 Å². The van der Waals surface area contributed by atoms with Crippen molar-refractivity contribution in [3.05, 3.63) is 48.7 Å². The first-order valence-electron chi connectivity index (χ1n) is 10.5. The van der Waals surface area contributed by atoms with Crippen LogP contribution in [0.4, 0.5) is 5.82 Å². The van der Waals surface area contributed by atoms with Crippen LogP contribution in [0.1, 0.15) is 14.0 Å². The highest BCUT2D eigenvalue weighted by Gasteiger charge is 2.25. The summed E-state index contributed by atoms with van der Waals surface area (Å²) in [6.07, 6.45) is 2.43. The Labute approximate surface area is 204 Å². The third kappa shape index (κ3) is 4.73. The second-order valence-corrected chi connectivity index (χ2v) is 9.01. The molecule has 4 aromatic rings. The van der Waals surface area contributed by atoms with E-state index in [9.17, 15) is 8.42 Å². The number of hydrogen-bond donors (Lipinski definition) is 1. The Morgan fingerprint density at radius 3 is 2.34 bits per heavy atom. The van der Waals surface area contributed by atoms with Gasteiger partial charge in [-0.25, -0.2) is 28.4 Å². The molecule has 0 aliphatic carbocycles. The fraction of sp³-hybridized carbons (Fsp3) is 0.217. The monoisotopic (exact) mass is 498 g/mol. The summed E-state index contributed by atoms with van der Waals surface area (Å²) in [6, 6.07) is 10.6. The number of sulfonamides is 1. The van der Waals surface area contributed by atoms with Gasteiger partial charge in [-0.05, 0) is 31.2 Å². The van der Waals surface area contributed by atoms with Crippen molar-refractivity contribution in [2.75, 3.05) is 31.8 Å². The van der Waals surface area contributed by atoms with E-state index in [1.54, 1.807) is 41.0 Å². The fourth-order valence-corrected chi connectivity index (χ4v) is 4.00. The number of para-hydroxylation sites is 1. The smallest absolute Gasteiger partial charge is 0.231 e. The van der Waals surface area contributed by atoms with Crippen LogP contribution in [0.2, 0.25) is 0 Å². The van der Waals surface area contributed by atoms with Gasteiger partial charge in [0.25, 0.3) is 0 Å². The molecule has 0 spiro atoms. The van der Waals surface area contributed by atoms with Gasteiger partial charge in [-0.3, -0.25) is 9.29 Å². The molecule has 12 heteroatoms. The first kappa shape index (κ1) is 24.0. The van der Waals surface area contributed by atoms with Gasteiger partial charge < -0.3 is 14.2 Å². The molecule has 0 saturated heterocycles. The number of hydrogen-bond acceptors (Lipinski definition) is 9. The summed E-state index contributed by atoms with van der Waals surface area (Å²) in [7, 11) is -0.585. The average molecular weight is 499 g/mol. The van der Waals surface area contributed by atoms with Gasteiger partial charge in [0.05, 0.1) is 27.1 Å². The Morgan fingerprint density at radius 1 is 1.06 bits per heavy atom. The summed E-state index contributed by atoms with van der Waals surface area (Å²) in [5.41, 5.74) is 1.68. The van der Waals surface area contributed by atoms with E-state index < -0.39 is 10.0 Å². The quantitative estimate of drug-likeness (QED) is 0.368. The molecular weight excluding hydrogens is 472 g/mol. The van der Waals surface area contributed by atoms with Crippen LogP contribution in [0.3, 0.4) is 0 Å². The number of fused-ring (bicyclic) bond motifs is 1. The number of benzene rings is 1. The summed E-state index contributed by atoms with van der Waals surface area (Å²) in [6.45, 7) is 6.03. The van der Waals surface area contributed by atoms with E-state index in [2.05, 4.69) is 26.3 Å². The lowest BCUT2D eigenvalue weighted by Crippen LogP contribution is -2.13. The normalized spacial score (nSPS) is 11.3. The number of imidazole rings is 1. The van der Waals surface area contributed by atoms with Gasteiger partial charge in [-0.2, -0.15) is 0 Å². The number of nitrogens with zero attached hydrogens (tertiary/aromatic N) is 5. The second-order valence-electron chi connectivity index (χ2n) is 7.26. The molecule has 11 nitrogen and oxygen atoms in total. The summed E-state index contributed by atoms with van der Waals surface area (Å²) in [5, 5.41) is 0. The third-order valence-electron chi connectivity index (χ3n) is 4.87. The van der Waals surface area contributed by atoms with E-state index in [0.717, 1.165) is 6.26 Å². The van der Waals surface area contributed by atoms with Gasteiger partial charge in [0.2, 0.25) is 15.9 Å². The van der Waals surface area contributed by atoms with Gasteiger partial charge in [0.1, 0.15) is 28.6 Å². The summed E-state index contributed by atoms with van der Waals surface area (Å²) >= 11 is 0. The Bertz CT molecular complexity index is 1500. The van der Waals surface area contributed by atoms with E-state index in [-0.39, 0.29) is 24.2 Å². The van der Waals surface area contributed by atoms with E-state index in [4.69, 9.17) is 19.2 Å². The molecule has 0 aliphatic rings. The maximum absolute atomic E-state index is 12.0. The van der Waals surface area contributed by atoms with Crippen LogP contribution < -0.4 is 18.9 Å². The number of rotatable bonds is 9. The first-order valence-corrected chi connectivity index (χ1v) is 12.4. The van der Waals surface area contributed by atoms with E-state index in [1.165, 1.54) is 20.3 Å². The van der Waals surface area contributed by atoms with Crippen LogP contribution >= 0.6 is 0 Å². The van der Waals surface area contributed by atoms with Gasteiger partial charge in [-0.15, -0.1) is 0 Å². The number of anilines is 1. The Balaban J connectivity index is 0.00000361. The first-order chi connectivity index (χ1) is 16.8. The van der Waals surface area contributed by atoms with Gasteiger partial charge in [-0.1, -0.05) is 18.7 Å². The fourth-order valence-electron chi connectivity index (χ4n) is 3.50. The number of nitrogens with one attached hydrogen (secondary N) is 1. The van der Waals surface area contributed by atoms with E-state index >= 15 is 0 Å². The molecule has 0 atom stereocenters. The molecule has 35 heavy (non-hydrogen) atoms. The van der Waals surface area contributed by atoms with Gasteiger partial charge in [0.15, 0.2) is 22.9 Å². The molecule has 1 aromatic carbocycles. The maximum Gasteiger partial charge on any atom is 0.231 e. The minimum Gasteiger partial charge on any atom is -0.494 e. The Morgan fingerprint density at radius 2 is 1.74 bits per heavy atom. The lowest BCUT2D eigenvalue weighted by Gasteiger charge is -2.16. The van der Waals surface area contributed by atoms with Gasteiger partial charge >= 0.3 is 0 Å². The van der Waals surface area contributed by atoms with Gasteiger partial charge in [0, 0.05) is 7.49 Å². The average Bonchev–Trinajstić information content (AvgIpc) is 3.20. The Kier molecular flexibility index (Phi) is 6.56. The van der Waals surface area contributed by atoms with Crippen LogP contribution in [-0.4, -0.2) is 60.0 Å². The number of aromatic nitrogens is 5. The van der Waals surface area contributed by atoms with Crippen molar-refractivity contribution in [1.82, 2.24) is 24.5 Å². The summed E-state index contributed by atoms with van der Waals surface area (Å²) in [4.78, 5) is 18.3. The molecular formula is C23H26N6O5S. The summed E-state index contributed by atoms with van der Waals surface area (Å²) < 4.78 is 44.8. The number of methoxy groups -OCH3 is 2. The standard InChI is InChI=1S/C23H24N6O5S.H2/c1-6-14-20(28-35(5,30)31)26-23-21(25-14)27-22(15-10-8-13-18(24-15)34-7-2)29(23)19-16(32-3)11-9-12-17(19)33-4;/h6,8-13H,1,7H2,2-5H3,(H,26,28);1H. The molecule has 3 aromatic heterocycles. The molecule has 0 fully saturated rings. The van der Waals surface area contributed by atoms with Crippen molar-refractivity contribution < 1.29 is 24.1 Å². The lowest BCUT2D eigenvalue weighted by atomic mass is 10.2. The molecule has 0 saturated carbocycles. The molecule has 4 rings (SSSR count). The predicted molar refractivity (Wildman–Crippen MR) is 135 cm³/mol. The van der Waals surface area contributed by atoms with Crippen molar-refractivity contribution >= 4 is 33.2 Å². The number of pyridine rings is 1. The molecule has 3 heterocycles.